The minimum Gasteiger partial charge on any atom is -0.0776 e. The van der Waals surface area contributed by atoms with Gasteiger partial charge in [-0.05, 0) is 0 Å². The molecular formula is C33H82. The summed E-state index contributed by atoms with van der Waals surface area (Å²) in [5.41, 5.74) is 0. The molecule has 0 aromatic heterocycles. The van der Waals surface area contributed by atoms with E-state index >= 15 is 0 Å². The summed E-state index contributed by atoms with van der Waals surface area (Å²) < 4.78 is 0. The Morgan fingerprint density at radius 3 is 0.212 bits per heavy atom. The smallest absolute Gasteiger partial charge is 0.0533 e. The number of hydrogen-bond donors (Lipinski definition) is 0. The van der Waals surface area contributed by atoms with E-state index < -0.39 is 0 Å². The van der Waals surface area contributed by atoms with Crippen LogP contribution in [0.4, 0.5) is 0 Å². The SMILES string of the molecule is C.C.C.C1CCCCCCCCC1.C1CCCCCCCCC1.CC.CC.CC.CC.CC. The van der Waals surface area contributed by atoms with Gasteiger partial charge in [0.2, 0.25) is 0 Å². The van der Waals surface area contributed by atoms with Crippen molar-refractivity contribution in [2.24, 2.45) is 0 Å². The molecule has 2 fully saturated rings. The first-order chi connectivity index (χ1) is 15.0. The molecule has 214 valence electrons. The van der Waals surface area contributed by atoms with E-state index in [1.807, 2.05) is 69.2 Å². The highest BCUT2D eigenvalue weighted by Crippen LogP contribution is 2.16. The fourth-order valence-electron chi connectivity index (χ4n) is 3.54. The fourth-order valence-corrected chi connectivity index (χ4v) is 3.54. The third-order valence-electron chi connectivity index (χ3n) is 5.00. The quantitative estimate of drug-likeness (QED) is 0.324. The maximum atomic E-state index is 2.00. The molecule has 0 amide bonds. The molecule has 0 heteroatoms. The summed E-state index contributed by atoms with van der Waals surface area (Å²) in [6, 6.07) is 0. The van der Waals surface area contributed by atoms with E-state index in [4.69, 9.17) is 0 Å². The van der Waals surface area contributed by atoms with Gasteiger partial charge in [0.15, 0.2) is 0 Å². The van der Waals surface area contributed by atoms with Gasteiger partial charge in [0.1, 0.15) is 0 Å². The number of hydrogen-bond acceptors (Lipinski definition) is 0. The van der Waals surface area contributed by atoms with Crippen molar-refractivity contribution in [3.8, 4) is 0 Å². The second kappa shape index (κ2) is 76.9. The molecule has 2 aliphatic carbocycles. The van der Waals surface area contributed by atoms with E-state index in [2.05, 4.69) is 0 Å². The van der Waals surface area contributed by atoms with Gasteiger partial charge in [-0.1, -0.05) is 220 Å². The summed E-state index contributed by atoms with van der Waals surface area (Å²) >= 11 is 0. The molecule has 0 N–H and O–H groups in total. The second-order valence-electron chi connectivity index (χ2n) is 7.07. The highest BCUT2D eigenvalue weighted by atomic mass is 14.0. The van der Waals surface area contributed by atoms with E-state index in [-0.39, 0.29) is 22.3 Å². The molecule has 0 bridgehead atoms. The van der Waals surface area contributed by atoms with Crippen molar-refractivity contribution in [2.75, 3.05) is 0 Å². The van der Waals surface area contributed by atoms with E-state index in [1.165, 1.54) is 128 Å². The predicted octanol–water partition coefficient (Wildman–Crippen LogP) is 14.8. The first-order valence-corrected chi connectivity index (χ1v) is 15.0. The van der Waals surface area contributed by atoms with Crippen LogP contribution >= 0.6 is 0 Å². The highest BCUT2D eigenvalue weighted by molar-refractivity contribution is 4.52. The Kier molecular flexibility index (Phi) is 126. The molecule has 2 rings (SSSR count). The lowest BCUT2D eigenvalue weighted by atomic mass is 10.0. The van der Waals surface area contributed by atoms with Crippen LogP contribution in [0.1, 0.15) is 220 Å². The Hall–Kier alpha value is 0. The summed E-state index contributed by atoms with van der Waals surface area (Å²) in [4.78, 5) is 0. The molecule has 0 atom stereocenters. The Labute approximate surface area is 219 Å². The minimum absolute atomic E-state index is 0. The van der Waals surface area contributed by atoms with Crippen molar-refractivity contribution in [1.82, 2.24) is 0 Å². The largest absolute Gasteiger partial charge is 0.0776 e. The van der Waals surface area contributed by atoms with Gasteiger partial charge in [-0.25, -0.2) is 0 Å². The lowest BCUT2D eigenvalue weighted by molar-refractivity contribution is 0.504. The van der Waals surface area contributed by atoms with Crippen LogP contribution < -0.4 is 0 Å². The molecule has 0 aromatic carbocycles. The third-order valence-corrected chi connectivity index (χ3v) is 5.00. The summed E-state index contributed by atoms with van der Waals surface area (Å²) in [7, 11) is 0. The maximum Gasteiger partial charge on any atom is -0.0533 e. The Bertz CT molecular complexity index is 86.4. The van der Waals surface area contributed by atoms with Crippen LogP contribution in [0.15, 0.2) is 0 Å². The van der Waals surface area contributed by atoms with Crippen LogP contribution in [0.25, 0.3) is 0 Å². The predicted molar refractivity (Wildman–Crippen MR) is 169 cm³/mol. The molecule has 33 heavy (non-hydrogen) atoms. The van der Waals surface area contributed by atoms with Crippen LogP contribution in [-0.2, 0) is 0 Å². The Morgan fingerprint density at radius 2 is 0.182 bits per heavy atom. The van der Waals surface area contributed by atoms with E-state index in [0.29, 0.717) is 0 Å². The van der Waals surface area contributed by atoms with Gasteiger partial charge < -0.3 is 0 Å². The van der Waals surface area contributed by atoms with E-state index in [0.717, 1.165) is 0 Å². The van der Waals surface area contributed by atoms with E-state index in [1.54, 1.807) is 0 Å². The zero-order valence-electron chi connectivity index (χ0n) is 24.1. The summed E-state index contributed by atoms with van der Waals surface area (Å²) in [5, 5.41) is 0. The van der Waals surface area contributed by atoms with Crippen molar-refractivity contribution in [2.45, 2.75) is 220 Å². The normalized spacial score (nSPS) is 15.5. The van der Waals surface area contributed by atoms with Gasteiger partial charge in [0, 0.05) is 0 Å². The fraction of sp³-hybridized carbons (Fsp3) is 1.00. The van der Waals surface area contributed by atoms with Crippen LogP contribution in [0, 0.1) is 0 Å². The molecule has 0 nitrogen and oxygen atoms in total. The van der Waals surface area contributed by atoms with Crippen LogP contribution in [0.5, 0.6) is 0 Å². The molecule has 2 aliphatic rings. The topological polar surface area (TPSA) is 0 Å². The second-order valence-corrected chi connectivity index (χ2v) is 7.07. The molecule has 0 saturated heterocycles. The lowest BCUT2D eigenvalue weighted by Gasteiger charge is -2.05. The molecule has 0 aromatic rings. The highest BCUT2D eigenvalue weighted by Gasteiger charge is 1.96. The standard InChI is InChI=1S/2C10H20.5C2H6.3CH4/c2*1-2-4-6-8-10-9-7-5-3-1;5*1-2;;;/h2*1-10H2;5*1-2H3;3*1H4. The van der Waals surface area contributed by atoms with Crippen molar-refractivity contribution in [3.63, 3.8) is 0 Å². The Morgan fingerprint density at radius 1 is 0.152 bits per heavy atom. The van der Waals surface area contributed by atoms with Crippen LogP contribution in [-0.4, -0.2) is 0 Å². The summed E-state index contributed by atoms with van der Waals surface area (Å²) in [6.45, 7) is 20.0. The lowest BCUT2D eigenvalue weighted by Crippen LogP contribution is -1.85. The first-order valence-electron chi connectivity index (χ1n) is 15.0. The van der Waals surface area contributed by atoms with Crippen molar-refractivity contribution in [1.29, 1.82) is 0 Å². The number of rotatable bonds is 0. The average Bonchev–Trinajstić information content (AvgIpc) is 2.88. The van der Waals surface area contributed by atoms with Gasteiger partial charge in [-0.3, -0.25) is 0 Å². The van der Waals surface area contributed by atoms with Crippen molar-refractivity contribution in [3.05, 3.63) is 0 Å². The molecule has 2 saturated carbocycles. The molecule has 0 aliphatic heterocycles. The van der Waals surface area contributed by atoms with Gasteiger partial charge in [0.25, 0.3) is 0 Å². The molecule has 0 spiro atoms. The van der Waals surface area contributed by atoms with Gasteiger partial charge >= 0.3 is 0 Å². The van der Waals surface area contributed by atoms with Gasteiger partial charge in [0.05, 0.1) is 0 Å². The zero-order chi connectivity index (χ0) is 24.1. The monoisotopic (exact) mass is 479 g/mol. The zero-order valence-corrected chi connectivity index (χ0v) is 24.1. The minimum atomic E-state index is 0. The molecule has 0 unspecified atom stereocenters. The Balaban J connectivity index is -0.0000000430. The molecule has 0 heterocycles. The van der Waals surface area contributed by atoms with Gasteiger partial charge in [-0.15, -0.1) is 0 Å². The summed E-state index contributed by atoms with van der Waals surface area (Å²) in [5.74, 6) is 0. The van der Waals surface area contributed by atoms with Gasteiger partial charge in [-0.2, -0.15) is 0 Å². The molecule has 0 radical (unpaired) electrons. The summed E-state index contributed by atoms with van der Waals surface area (Å²) in [6.07, 6.45) is 30.0. The average molecular weight is 479 g/mol. The van der Waals surface area contributed by atoms with Crippen LogP contribution in [0.3, 0.4) is 0 Å². The molecular weight excluding hydrogens is 396 g/mol. The maximum absolute atomic E-state index is 2.00. The van der Waals surface area contributed by atoms with E-state index in [9.17, 15) is 0 Å². The van der Waals surface area contributed by atoms with Crippen molar-refractivity contribution < 1.29 is 0 Å². The first kappa shape index (κ1) is 54.1. The van der Waals surface area contributed by atoms with Crippen molar-refractivity contribution >= 4 is 0 Å². The third kappa shape index (κ3) is 72.0. The van der Waals surface area contributed by atoms with Crippen LogP contribution in [0.2, 0.25) is 0 Å².